The molecule has 1 amide bonds. The first-order valence-corrected chi connectivity index (χ1v) is 11.9. The number of anilines is 1. The number of rotatable bonds is 7. The average molecular weight is 461 g/mol. The molecule has 0 spiro atoms. The molecule has 32 heavy (non-hydrogen) atoms. The number of ether oxygens (including phenoxy) is 2. The molecular weight excluding hydrogens is 432 g/mol. The first-order valence-electron chi connectivity index (χ1n) is 10.5. The number of piperidine rings is 1. The van der Waals surface area contributed by atoms with Gasteiger partial charge < -0.3 is 14.8 Å². The highest BCUT2D eigenvalue weighted by atomic mass is 32.2. The van der Waals surface area contributed by atoms with Crippen molar-refractivity contribution in [1.29, 1.82) is 0 Å². The van der Waals surface area contributed by atoms with Crippen molar-refractivity contribution in [1.82, 2.24) is 4.31 Å². The summed E-state index contributed by atoms with van der Waals surface area (Å²) < 4.78 is 37.5. The lowest BCUT2D eigenvalue weighted by atomic mass is 9.96. The van der Waals surface area contributed by atoms with E-state index >= 15 is 0 Å². The van der Waals surface area contributed by atoms with E-state index in [2.05, 4.69) is 5.32 Å². The molecule has 0 bridgehead atoms. The third-order valence-electron chi connectivity index (χ3n) is 5.52. The van der Waals surface area contributed by atoms with Gasteiger partial charge in [-0.1, -0.05) is 12.1 Å². The van der Waals surface area contributed by atoms with Crippen molar-refractivity contribution in [3.63, 3.8) is 0 Å². The average Bonchev–Trinajstić information content (AvgIpc) is 2.79. The van der Waals surface area contributed by atoms with Crippen LogP contribution in [0.2, 0.25) is 0 Å². The van der Waals surface area contributed by atoms with Crippen molar-refractivity contribution in [2.75, 3.05) is 32.1 Å². The van der Waals surface area contributed by atoms with E-state index in [1.54, 1.807) is 37.3 Å². The summed E-state index contributed by atoms with van der Waals surface area (Å²) in [5, 5.41) is 2.82. The molecule has 1 N–H and O–H groups in total. The van der Waals surface area contributed by atoms with E-state index in [-0.39, 0.29) is 29.8 Å². The molecule has 1 fully saturated rings. The number of carbonyl (C=O) groups is 2. The molecule has 1 saturated heterocycles. The maximum absolute atomic E-state index is 12.9. The Kier molecular flexibility index (Phi) is 7.52. The minimum absolute atomic E-state index is 0.200. The van der Waals surface area contributed by atoms with Gasteiger partial charge in [-0.25, -0.2) is 13.2 Å². The molecule has 0 unspecified atom stereocenters. The summed E-state index contributed by atoms with van der Waals surface area (Å²) >= 11 is 0. The van der Waals surface area contributed by atoms with Gasteiger partial charge >= 0.3 is 5.97 Å². The summed E-state index contributed by atoms with van der Waals surface area (Å²) in [5.41, 5.74) is 1.41. The van der Waals surface area contributed by atoms with Crippen LogP contribution in [0.15, 0.2) is 47.4 Å². The maximum Gasteiger partial charge on any atom is 0.340 e. The molecule has 1 heterocycles. The quantitative estimate of drug-likeness (QED) is 0.637. The maximum atomic E-state index is 12.9. The molecule has 0 aromatic heterocycles. The summed E-state index contributed by atoms with van der Waals surface area (Å²) in [7, 11) is -2.35. The summed E-state index contributed by atoms with van der Waals surface area (Å²) in [4.78, 5) is 25.1. The molecule has 1 aliphatic rings. The van der Waals surface area contributed by atoms with Crippen LogP contribution in [0.1, 0.15) is 35.7 Å². The van der Waals surface area contributed by atoms with Crippen molar-refractivity contribution in [2.45, 2.75) is 31.6 Å². The van der Waals surface area contributed by atoms with Gasteiger partial charge in [0.25, 0.3) is 0 Å². The van der Waals surface area contributed by atoms with E-state index in [0.29, 0.717) is 42.0 Å². The summed E-state index contributed by atoms with van der Waals surface area (Å²) in [6, 6.07) is 11.5. The minimum Gasteiger partial charge on any atom is -0.494 e. The molecule has 8 nitrogen and oxygen atoms in total. The van der Waals surface area contributed by atoms with Gasteiger partial charge in [-0.2, -0.15) is 4.31 Å². The summed E-state index contributed by atoms with van der Waals surface area (Å²) in [6.45, 7) is 4.62. The van der Waals surface area contributed by atoms with Crippen LogP contribution in [0.25, 0.3) is 0 Å². The highest BCUT2D eigenvalue weighted by molar-refractivity contribution is 7.89. The van der Waals surface area contributed by atoms with Crippen LogP contribution < -0.4 is 10.1 Å². The third-order valence-corrected chi connectivity index (χ3v) is 7.43. The van der Waals surface area contributed by atoms with Gasteiger partial charge in [0, 0.05) is 19.0 Å². The Morgan fingerprint density at radius 1 is 1.09 bits per heavy atom. The third kappa shape index (κ3) is 5.11. The molecule has 9 heteroatoms. The number of nitrogens with zero attached hydrogens (tertiary/aromatic N) is 1. The second-order valence-corrected chi connectivity index (χ2v) is 9.50. The number of hydrogen-bond acceptors (Lipinski definition) is 6. The van der Waals surface area contributed by atoms with Crippen molar-refractivity contribution in [2.24, 2.45) is 5.92 Å². The topological polar surface area (TPSA) is 102 Å². The van der Waals surface area contributed by atoms with Crippen LogP contribution in [-0.2, 0) is 19.6 Å². The monoisotopic (exact) mass is 460 g/mol. The van der Waals surface area contributed by atoms with E-state index in [1.165, 1.54) is 23.5 Å². The number of sulfonamides is 1. The lowest BCUT2D eigenvalue weighted by molar-refractivity contribution is -0.120. The van der Waals surface area contributed by atoms with E-state index in [4.69, 9.17) is 9.47 Å². The Morgan fingerprint density at radius 2 is 1.75 bits per heavy atom. The number of carbonyl (C=O) groups excluding carboxylic acids is 2. The first kappa shape index (κ1) is 23.7. The van der Waals surface area contributed by atoms with Crippen molar-refractivity contribution < 1.29 is 27.5 Å². The highest BCUT2D eigenvalue weighted by Crippen LogP contribution is 2.27. The highest BCUT2D eigenvalue weighted by Gasteiger charge is 2.32. The fourth-order valence-corrected chi connectivity index (χ4v) is 5.23. The molecule has 0 aliphatic carbocycles. The van der Waals surface area contributed by atoms with Crippen LogP contribution in [0.4, 0.5) is 5.69 Å². The zero-order valence-corrected chi connectivity index (χ0v) is 19.3. The Morgan fingerprint density at radius 3 is 2.34 bits per heavy atom. The lowest BCUT2D eigenvalue weighted by Gasteiger charge is -2.30. The zero-order chi connectivity index (χ0) is 23.3. The minimum atomic E-state index is -3.64. The zero-order valence-electron chi connectivity index (χ0n) is 18.5. The predicted octanol–water partition coefficient (Wildman–Crippen LogP) is 3.22. The van der Waals surface area contributed by atoms with E-state index < -0.39 is 16.0 Å². The fourth-order valence-electron chi connectivity index (χ4n) is 3.76. The SMILES string of the molecule is CCOc1ccc(S(=O)(=O)N2CCC(C(=O)Nc3cccc(C)c3C(=O)OC)CC2)cc1. The second-order valence-electron chi connectivity index (χ2n) is 7.56. The van der Waals surface area contributed by atoms with Gasteiger partial charge in [0.1, 0.15) is 5.75 Å². The van der Waals surface area contributed by atoms with Gasteiger partial charge in [0.05, 0.1) is 29.9 Å². The van der Waals surface area contributed by atoms with Crippen LogP contribution >= 0.6 is 0 Å². The van der Waals surface area contributed by atoms with E-state index in [1.807, 2.05) is 6.92 Å². The fraction of sp³-hybridized carbons (Fsp3) is 0.391. The predicted molar refractivity (Wildman–Crippen MR) is 120 cm³/mol. The number of hydrogen-bond donors (Lipinski definition) is 1. The van der Waals surface area contributed by atoms with E-state index in [9.17, 15) is 18.0 Å². The van der Waals surface area contributed by atoms with Crippen molar-refractivity contribution in [3.05, 3.63) is 53.6 Å². The number of nitrogens with one attached hydrogen (secondary N) is 1. The number of benzene rings is 2. The number of methoxy groups -OCH3 is 1. The Labute approximate surface area is 188 Å². The van der Waals surface area contributed by atoms with Gasteiger partial charge in [-0.05, 0) is 62.6 Å². The molecule has 0 atom stereocenters. The van der Waals surface area contributed by atoms with Gasteiger partial charge in [-0.15, -0.1) is 0 Å². The molecule has 3 rings (SSSR count). The molecule has 2 aromatic carbocycles. The number of amides is 1. The molecular formula is C23H28N2O6S. The van der Waals surface area contributed by atoms with Crippen molar-refractivity contribution >= 4 is 27.6 Å². The lowest BCUT2D eigenvalue weighted by Crippen LogP contribution is -2.41. The van der Waals surface area contributed by atoms with Crippen LogP contribution in [0, 0.1) is 12.8 Å². The standard InChI is InChI=1S/C23H28N2O6S/c1-4-31-18-8-10-19(11-9-18)32(28,29)25-14-12-17(13-15-25)22(26)24-20-7-5-6-16(2)21(20)23(27)30-3/h5-11,17H,4,12-15H2,1-3H3,(H,24,26). The summed E-state index contributed by atoms with van der Waals surface area (Å²) in [6.07, 6.45) is 0.781. The van der Waals surface area contributed by atoms with Gasteiger partial charge in [0.15, 0.2) is 0 Å². The van der Waals surface area contributed by atoms with Crippen LogP contribution in [0.5, 0.6) is 5.75 Å². The Balaban J connectivity index is 1.65. The van der Waals surface area contributed by atoms with E-state index in [0.717, 1.165) is 0 Å². The van der Waals surface area contributed by atoms with Crippen molar-refractivity contribution in [3.8, 4) is 5.75 Å². The van der Waals surface area contributed by atoms with Gasteiger partial charge in [-0.3, -0.25) is 4.79 Å². The molecule has 1 aliphatic heterocycles. The van der Waals surface area contributed by atoms with Crippen LogP contribution in [0.3, 0.4) is 0 Å². The molecule has 2 aromatic rings. The van der Waals surface area contributed by atoms with Gasteiger partial charge in [0.2, 0.25) is 15.9 Å². The smallest absolute Gasteiger partial charge is 0.340 e. The molecule has 0 saturated carbocycles. The molecule has 0 radical (unpaired) electrons. The Bertz CT molecular complexity index is 1070. The normalized spacial score (nSPS) is 15.2. The number of esters is 1. The van der Waals surface area contributed by atoms with Crippen LogP contribution in [-0.4, -0.2) is 51.4 Å². The largest absolute Gasteiger partial charge is 0.494 e. The summed E-state index contributed by atoms with van der Waals surface area (Å²) in [5.74, 6) is -0.495. The Hall–Kier alpha value is -2.91. The molecule has 172 valence electrons. The number of aryl methyl sites for hydroxylation is 1. The first-order chi connectivity index (χ1) is 15.3. The second kappa shape index (κ2) is 10.1.